The third kappa shape index (κ3) is 2.93. The predicted octanol–water partition coefficient (Wildman–Crippen LogP) is 2.25. The van der Waals surface area contributed by atoms with Crippen molar-refractivity contribution in [3.63, 3.8) is 0 Å². The average molecular weight is 276 g/mol. The molecule has 2 rings (SSSR count). The fraction of sp³-hybridized carbons (Fsp3) is 0.214. The zero-order chi connectivity index (χ0) is 14.0. The summed E-state index contributed by atoms with van der Waals surface area (Å²) in [6.07, 6.45) is 1.60. The van der Waals surface area contributed by atoms with Crippen molar-refractivity contribution in [2.75, 3.05) is 5.73 Å². The van der Waals surface area contributed by atoms with Gasteiger partial charge in [-0.05, 0) is 43.2 Å². The van der Waals surface area contributed by atoms with E-state index in [2.05, 4.69) is 4.98 Å². The van der Waals surface area contributed by atoms with Crippen molar-refractivity contribution in [2.45, 2.75) is 24.5 Å². The van der Waals surface area contributed by atoms with Crippen molar-refractivity contribution in [2.24, 2.45) is 0 Å². The van der Waals surface area contributed by atoms with Crippen LogP contribution in [0.25, 0.3) is 0 Å². The number of anilines is 1. The normalized spacial score (nSPS) is 11.5. The summed E-state index contributed by atoms with van der Waals surface area (Å²) < 4.78 is 24.9. The molecule has 0 aliphatic rings. The molecule has 0 aliphatic carbocycles. The molecule has 1 heterocycles. The van der Waals surface area contributed by atoms with E-state index in [4.69, 9.17) is 5.73 Å². The number of nitrogens with zero attached hydrogens (tertiary/aromatic N) is 1. The Balaban J connectivity index is 2.44. The second-order valence-electron chi connectivity index (χ2n) is 4.55. The molecule has 0 spiro atoms. The van der Waals surface area contributed by atoms with Crippen molar-refractivity contribution in [3.05, 3.63) is 53.3 Å². The lowest BCUT2D eigenvalue weighted by Gasteiger charge is -2.09. The van der Waals surface area contributed by atoms with Gasteiger partial charge in [0.25, 0.3) is 0 Å². The van der Waals surface area contributed by atoms with Crippen molar-refractivity contribution >= 4 is 15.5 Å². The molecule has 1 aromatic heterocycles. The van der Waals surface area contributed by atoms with Crippen molar-refractivity contribution < 1.29 is 8.42 Å². The number of sulfone groups is 1. The third-order valence-electron chi connectivity index (χ3n) is 2.99. The van der Waals surface area contributed by atoms with E-state index in [1.807, 2.05) is 13.0 Å². The molecule has 4 nitrogen and oxygen atoms in total. The van der Waals surface area contributed by atoms with Gasteiger partial charge >= 0.3 is 0 Å². The maximum absolute atomic E-state index is 12.4. The van der Waals surface area contributed by atoms with Crippen LogP contribution in [-0.4, -0.2) is 13.4 Å². The molecular weight excluding hydrogens is 260 g/mol. The highest BCUT2D eigenvalue weighted by Crippen LogP contribution is 2.22. The van der Waals surface area contributed by atoms with Crippen LogP contribution in [0.15, 0.2) is 41.4 Å². The average Bonchev–Trinajstić information content (AvgIpc) is 2.35. The van der Waals surface area contributed by atoms with E-state index in [0.29, 0.717) is 16.9 Å². The molecule has 19 heavy (non-hydrogen) atoms. The fourth-order valence-electron chi connectivity index (χ4n) is 1.88. The van der Waals surface area contributed by atoms with Gasteiger partial charge in [-0.25, -0.2) is 8.42 Å². The Hall–Kier alpha value is -1.88. The largest absolute Gasteiger partial charge is 0.399 e. The minimum atomic E-state index is -3.43. The number of aryl methyl sites for hydroxylation is 2. The summed E-state index contributed by atoms with van der Waals surface area (Å²) in [4.78, 5) is 4.41. The summed E-state index contributed by atoms with van der Waals surface area (Å²) in [5, 5.41) is 0. The van der Waals surface area contributed by atoms with Crippen molar-refractivity contribution in [1.82, 2.24) is 4.98 Å². The number of hydrogen-bond acceptors (Lipinski definition) is 4. The first-order chi connectivity index (χ1) is 8.90. The summed E-state index contributed by atoms with van der Waals surface area (Å²) >= 11 is 0. The molecule has 5 heteroatoms. The van der Waals surface area contributed by atoms with Crippen LogP contribution >= 0.6 is 0 Å². The van der Waals surface area contributed by atoms with Gasteiger partial charge in [-0.3, -0.25) is 4.98 Å². The molecular formula is C14H16N2O2S. The van der Waals surface area contributed by atoms with Gasteiger partial charge in [0.15, 0.2) is 9.84 Å². The summed E-state index contributed by atoms with van der Waals surface area (Å²) in [6.45, 7) is 3.61. The molecule has 0 radical (unpaired) electrons. The highest BCUT2D eigenvalue weighted by atomic mass is 32.2. The van der Waals surface area contributed by atoms with Gasteiger partial charge in [0, 0.05) is 11.9 Å². The SMILES string of the molecule is Cc1ccc(N)cc1S(=O)(=O)Cc1ncccc1C. The Kier molecular flexibility index (Phi) is 3.57. The molecule has 0 unspecified atom stereocenters. The van der Waals surface area contributed by atoms with Gasteiger partial charge in [-0.1, -0.05) is 12.1 Å². The lowest BCUT2D eigenvalue weighted by molar-refractivity contribution is 0.594. The molecule has 0 fully saturated rings. The van der Waals surface area contributed by atoms with E-state index in [0.717, 1.165) is 5.56 Å². The number of benzene rings is 1. The van der Waals surface area contributed by atoms with Crippen LogP contribution in [0.2, 0.25) is 0 Å². The first-order valence-corrected chi connectivity index (χ1v) is 7.55. The van der Waals surface area contributed by atoms with Crippen LogP contribution in [0.5, 0.6) is 0 Å². The van der Waals surface area contributed by atoms with E-state index in [9.17, 15) is 8.42 Å². The van der Waals surface area contributed by atoms with E-state index >= 15 is 0 Å². The Bertz CT molecular complexity index is 709. The summed E-state index contributed by atoms with van der Waals surface area (Å²) in [6, 6.07) is 8.55. The Morgan fingerprint density at radius 1 is 1.16 bits per heavy atom. The smallest absolute Gasteiger partial charge is 0.184 e. The number of nitrogens with two attached hydrogens (primary N) is 1. The molecule has 0 amide bonds. The van der Waals surface area contributed by atoms with Crippen LogP contribution in [-0.2, 0) is 15.6 Å². The Morgan fingerprint density at radius 2 is 1.89 bits per heavy atom. The highest BCUT2D eigenvalue weighted by molar-refractivity contribution is 7.90. The number of hydrogen-bond donors (Lipinski definition) is 1. The fourth-order valence-corrected chi connectivity index (χ4v) is 3.57. The van der Waals surface area contributed by atoms with Gasteiger partial charge < -0.3 is 5.73 Å². The van der Waals surface area contributed by atoms with Crippen LogP contribution < -0.4 is 5.73 Å². The number of pyridine rings is 1. The van der Waals surface area contributed by atoms with Gasteiger partial charge in [-0.2, -0.15) is 0 Å². The number of aromatic nitrogens is 1. The zero-order valence-electron chi connectivity index (χ0n) is 10.9. The molecule has 1 aromatic carbocycles. The summed E-state index contributed by atoms with van der Waals surface area (Å²) in [7, 11) is -3.43. The predicted molar refractivity (Wildman–Crippen MR) is 75.5 cm³/mol. The topological polar surface area (TPSA) is 73.1 Å². The van der Waals surface area contributed by atoms with Crippen LogP contribution in [0, 0.1) is 13.8 Å². The van der Waals surface area contributed by atoms with E-state index in [1.54, 1.807) is 31.3 Å². The Morgan fingerprint density at radius 3 is 2.58 bits per heavy atom. The lowest BCUT2D eigenvalue weighted by Crippen LogP contribution is -2.09. The second-order valence-corrected chi connectivity index (χ2v) is 6.51. The van der Waals surface area contributed by atoms with Crippen LogP contribution in [0.1, 0.15) is 16.8 Å². The minimum Gasteiger partial charge on any atom is -0.399 e. The minimum absolute atomic E-state index is 0.107. The number of rotatable bonds is 3. The molecule has 2 N–H and O–H groups in total. The monoisotopic (exact) mass is 276 g/mol. The molecule has 0 saturated heterocycles. The summed E-state index contributed by atoms with van der Waals surface area (Å²) in [5.41, 5.74) is 8.25. The highest BCUT2D eigenvalue weighted by Gasteiger charge is 2.19. The molecule has 100 valence electrons. The maximum atomic E-state index is 12.4. The van der Waals surface area contributed by atoms with Crippen molar-refractivity contribution in [1.29, 1.82) is 0 Å². The van der Waals surface area contributed by atoms with Crippen LogP contribution in [0.3, 0.4) is 0 Å². The van der Waals surface area contributed by atoms with Gasteiger partial charge in [0.2, 0.25) is 0 Å². The third-order valence-corrected chi connectivity index (χ3v) is 4.76. The van der Waals surface area contributed by atoms with E-state index in [1.165, 1.54) is 6.07 Å². The van der Waals surface area contributed by atoms with Crippen LogP contribution in [0.4, 0.5) is 5.69 Å². The van der Waals surface area contributed by atoms with E-state index in [-0.39, 0.29) is 10.6 Å². The molecule has 0 aliphatic heterocycles. The molecule has 0 bridgehead atoms. The number of nitrogen functional groups attached to an aromatic ring is 1. The standard InChI is InChI=1S/C14H16N2O2S/c1-10-4-3-7-16-13(10)9-19(17,18)14-8-12(15)6-5-11(14)2/h3-8H,9,15H2,1-2H3. The van der Waals surface area contributed by atoms with E-state index < -0.39 is 9.84 Å². The molecule has 0 saturated carbocycles. The quantitative estimate of drug-likeness (QED) is 0.873. The van der Waals surface area contributed by atoms with Gasteiger partial charge in [0.1, 0.15) is 0 Å². The summed E-state index contributed by atoms with van der Waals surface area (Å²) in [5.74, 6) is -0.107. The Labute approximate surface area is 113 Å². The maximum Gasteiger partial charge on any atom is 0.184 e. The first-order valence-electron chi connectivity index (χ1n) is 5.89. The molecule has 2 aromatic rings. The zero-order valence-corrected chi connectivity index (χ0v) is 11.7. The van der Waals surface area contributed by atoms with Crippen molar-refractivity contribution in [3.8, 4) is 0 Å². The van der Waals surface area contributed by atoms with Gasteiger partial charge in [-0.15, -0.1) is 0 Å². The molecule has 0 atom stereocenters. The second kappa shape index (κ2) is 5.01. The lowest BCUT2D eigenvalue weighted by atomic mass is 10.2. The van der Waals surface area contributed by atoms with Gasteiger partial charge in [0.05, 0.1) is 16.3 Å². The first kappa shape index (κ1) is 13.5.